The zero-order valence-corrected chi connectivity index (χ0v) is 23.1. The molecule has 0 saturated carbocycles. The van der Waals surface area contributed by atoms with Crippen LogP contribution in [-0.2, 0) is 11.2 Å². The molecule has 1 aliphatic heterocycles. The fourth-order valence-electron chi connectivity index (χ4n) is 4.77. The largest absolute Gasteiger partial charge is 0.497 e. The third-order valence-electron chi connectivity index (χ3n) is 6.71. The van der Waals surface area contributed by atoms with Crippen LogP contribution in [0.1, 0.15) is 53.2 Å². The van der Waals surface area contributed by atoms with Crippen LogP contribution in [0.25, 0.3) is 0 Å². The minimum Gasteiger partial charge on any atom is -0.497 e. The Morgan fingerprint density at radius 1 is 0.973 bits per heavy atom. The Bertz CT molecular complexity index is 1240. The van der Waals surface area contributed by atoms with Crippen molar-refractivity contribution in [2.75, 3.05) is 34.4 Å². The van der Waals surface area contributed by atoms with E-state index in [0.717, 1.165) is 23.3 Å². The van der Waals surface area contributed by atoms with Gasteiger partial charge in [-0.3, -0.25) is 9.59 Å². The fraction of sp³-hybridized carbons (Fsp3) is 0.379. The zero-order chi connectivity index (χ0) is 26.7. The van der Waals surface area contributed by atoms with Crippen LogP contribution in [0.4, 0.5) is 0 Å². The highest BCUT2D eigenvalue weighted by Crippen LogP contribution is 2.39. The van der Waals surface area contributed by atoms with E-state index >= 15 is 0 Å². The number of benzene rings is 2. The lowest BCUT2D eigenvalue weighted by Gasteiger charge is -2.40. The van der Waals surface area contributed by atoms with Crippen molar-refractivity contribution in [3.8, 4) is 17.2 Å². The first-order valence-electron chi connectivity index (χ1n) is 12.2. The maximum atomic E-state index is 14.0. The first-order chi connectivity index (χ1) is 17.7. The van der Waals surface area contributed by atoms with Crippen molar-refractivity contribution in [3.05, 3.63) is 75.5 Å². The van der Waals surface area contributed by atoms with E-state index in [1.807, 2.05) is 49.9 Å². The van der Waals surface area contributed by atoms with Crippen molar-refractivity contribution in [1.82, 2.24) is 9.80 Å². The summed E-state index contributed by atoms with van der Waals surface area (Å²) in [5.41, 5.74) is 1.82. The van der Waals surface area contributed by atoms with E-state index in [2.05, 4.69) is 11.4 Å². The Morgan fingerprint density at radius 2 is 1.62 bits per heavy atom. The lowest BCUT2D eigenvalue weighted by Crippen LogP contribution is -2.52. The average Bonchev–Trinajstić information content (AvgIpc) is 3.38. The van der Waals surface area contributed by atoms with Crippen LogP contribution in [0.5, 0.6) is 17.2 Å². The summed E-state index contributed by atoms with van der Waals surface area (Å²) in [5.74, 6) is 1.14. The van der Waals surface area contributed by atoms with Gasteiger partial charge < -0.3 is 24.0 Å². The molecule has 2 amide bonds. The van der Waals surface area contributed by atoms with Gasteiger partial charge in [0, 0.05) is 17.0 Å². The molecule has 0 aliphatic carbocycles. The second-order valence-corrected chi connectivity index (χ2v) is 10.9. The summed E-state index contributed by atoms with van der Waals surface area (Å²) < 4.78 is 16.3. The number of thiophene rings is 1. The zero-order valence-electron chi connectivity index (χ0n) is 22.2. The summed E-state index contributed by atoms with van der Waals surface area (Å²) >= 11 is 1.72. The molecule has 1 aliphatic rings. The van der Waals surface area contributed by atoms with E-state index in [9.17, 15) is 9.59 Å². The van der Waals surface area contributed by atoms with Crippen LogP contribution < -0.4 is 14.2 Å². The van der Waals surface area contributed by atoms with Gasteiger partial charge in [0.1, 0.15) is 29.4 Å². The normalized spacial score (nSPS) is 15.1. The highest BCUT2D eigenvalue weighted by Gasteiger charge is 2.37. The van der Waals surface area contributed by atoms with Gasteiger partial charge in [0.2, 0.25) is 5.91 Å². The van der Waals surface area contributed by atoms with Gasteiger partial charge in [0.15, 0.2) is 0 Å². The third kappa shape index (κ3) is 5.30. The number of rotatable bonds is 7. The van der Waals surface area contributed by atoms with Gasteiger partial charge in [0.05, 0.1) is 27.4 Å². The van der Waals surface area contributed by atoms with Gasteiger partial charge in [-0.15, -0.1) is 11.3 Å². The molecule has 2 heterocycles. The number of fused-ring (bicyclic) bond motifs is 1. The van der Waals surface area contributed by atoms with Gasteiger partial charge in [0.25, 0.3) is 5.91 Å². The molecule has 7 nitrogen and oxygen atoms in total. The Kier molecular flexibility index (Phi) is 7.78. The Hall–Kier alpha value is -3.52. The molecule has 196 valence electrons. The summed E-state index contributed by atoms with van der Waals surface area (Å²) in [4.78, 5) is 32.7. The predicted octanol–water partition coefficient (Wildman–Crippen LogP) is 5.19. The van der Waals surface area contributed by atoms with E-state index in [1.54, 1.807) is 41.5 Å². The molecule has 1 atom stereocenters. The monoisotopic (exact) mass is 522 g/mol. The van der Waals surface area contributed by atoms with Crippen molar-refractivity contribution in [2.45, 2.75) is 38.8 Å². The number of amides is 2. The maximum absolute atomic E-state index is 14.0. The van der Waals surface area contributed by atoms with Crippen LogP contribution in [-0.4, -0.2) is 61.6 Å². The number of nitrogens with zero attached hydrogens (tertiary/aromatic N) is 2. The summed E-state index contributed by atoms with van der Waals surface area (Å²) in [6, 6.07) is 14.9. The minimum absolute atomic E-state index is 0.0737. The van der Waals surface area contributed by atoms with Crippen molar-refractivity contribution in [1.29, 1.82) is 0 Å². The maximum Gasteiger partial charge on any atom is 0.262 e. The molecule has 0 fully saturated rings. The molecule has 0 radical (unpaired) electrons. The number of hydrogen-bond donors (Lipinski definition) is 0. The molecule has 0 spiro atoms. The van der Waals surface area contributed by atoms with E-state index in [4.69, 9.17) is 14.2 Å². The number of methoxy groups -OCH3 is 3. The van der Waals surface area contributed by atoms with E-state index < -0.39 is 5.54 Å². The first-order valence-corrected chi connectivity index (χ1v) is 13.1. The van der Waals surface area contributed by atoms with Gasteiger partial charge >= 0.3 is 0 Å². The molecule has 0 saturated heterocycles. The lowest BCUT2D eigenvalue weighted by molar-refractivity contribution is -0.135. The van der Waals surface area contributed by atoms with Crippen LogP contribution in [0.15, 0.2) is 53.9 Å². The van der Waals surface area contributed by atoms with Crippen LogP contribution in [0.2, 0.25) is 0 Å². The highest BCUT2D eigenvalue weighted by atomic mass is 32.1. The van der Waals surface area contributed by atoms with Gasteiger partial charge in [-0.05, 0) is 74.0 Å². The summed E-state index contributed by atoms with van der Waals surface area (Å²) in [6.45, 7) is 6.28. The molecule has 37 heavy (non-hydrogen) atoms. The highest BCUT2D eigenvalue weighted by molar-refractivity contribution is 7.10. The molecule has 0 N–H and O–H groups in total. The number of carbonyl (C=O) groups excluding carboxylic acids is 2. The molecule has 2 aromatic carbocycles. The number of carbonyl (C=O) groups is 2. The molecule has 0 bridgehead atoms. The molecule has 1 unspecified atom stereocenters. The summed E-state index contributed by atoms with van der Waals surface area (Å²) in [5, 5.41) is 2.08. The third-order valence-corrected chi connectivity index (χ3v) is 7.70. The quantitative estimate of drug-likeness (QED) is 0.427. The fourth-order valence-corrected chi connectivity index (χ4v) is 5.67. The van der Waals surface area contributed by atoms with Gasteiger partial charge in [-0.2, -0.15) is 0 Å². The number of hydrogen-bond acceptors (Lipinski definition) is 6. The van der Waals surface area contributed by atoms with Gasteiger partial charge in [-0.1, -0.05) is 18.2 Å². The SMILES string of the molecule is COc1ccc(C2c3ccsc3CCN2C(=O)CN(C(=O)c2c(OC)cccc2OC)C(C)(C)C)cc1. The second kappa shape index (κ2) is 10.8. The Morgan fingerprint density at radius 3 is 2.19 bits per heavy atom. The summed E-state index contributed by atoms with van der Waals surface area (Å²) in [7, 11) is 4.67. The smallest absolute Gasteiger partial charge is 0.262 e. The van der Waals surface area contributed by atoms with Crippen molar-refractivity contribution < 1.29 is 23.8 Å². The van der Waals surface area contributed by atoms with Crippen LogP contribution in [0, 0.1) is 0 Å². The standard InChI is InChI=1S/C29H34N2O5S/c1-29(2,3)31(28(33)26-22(35-5)8-7-9-23(26)36-6)18-25(32)30-16-14-24-21(15-17-37-24)27(30)19-10-12-20(34-4)13-11-19/h7-13,15,17,27H,14,16,18H2,1-6H3. The molecule has 4 rings (SSSR count). The van der Waals surface area contributed by atoms with Crippen LogP contribution in [0.3, 0.4) is 0 Å². The lowest BCUT2D eigenvalue weighted by atomic mass is 9.93. The van der Waals surface area contributed by atoms with Crippen molar-refractivity contribution in [3.63, 3.8) is 0 Å². The molecular weight excluding hydrogens is 488 g/mol. The van der Waals surface area contributed by atoms with E-state index in [-0.39, 0.29) is 24.4 Å². The second-order valence-electron chi connectivity index (χ2n) is 9.91. The summed E-state index contributed by atoms with van der Waals surface area (Å²) in [6.07, 6.45) is 0.787. The van der Waals surface area contributed by atoms with Crippen LogP contribution >= 0.6 is 11.3 Å². The minimum atomic E-state index is -0.627. The Balaban J connectivity index is 1.69. The Labute approximate surface area is 222 Å². The molecular formula is C29H34N2O5S. The first kappa shape index (κ1) is 26.5. The molecule has 3 aromatic rings. The predicted molar refractivity (Wildman–Crippen MR) is 145 cm³/mol. The van der Waals surface area contributed by atoms with Crippen molar-refractivity contribution in [2.24, 2.45) is 0 Å². The number of ether oxygens (including phenoxy) is 3. The average molecular weight is 523 g/mol. The molecule has 8 heteroatoms. The van der Waals surface area contributed by atoms with Gasteiger partial charge in [-0.25, -0.2) is 0 Å². The topological polar surface area (TPSA) is 68.3 Å². The molecule has 1 aromatic heterocycles. The van der Waals surface area contributed by atoms with E-state index in [1.165, 1.54) is 19.1 Å². The van der Waals surface area contributed by atoms with E-state index in [0.29, 0.717) is 23.6 Å². The van der Waals surface area contributed by atoms with Crippen molar-refractivity contribution >= 4 is 23.2 Å².